The van der Waals surface area contributed by atoms with Gasteiger partial charge >= 0.3 is 0 Å². The highest BCUT2D eigenvalue weighted by molar-refractivity contribution is 5.46. The van der Waals surface area contributed by atoms with Gasteiger partial charge in [0.1, 0.15) is 18.0 Å². The van der Waals surface area contributed by atoms with Gasteiger partial charge in [-0.2, -0.15) is 0 Å². The predicted octanol–water partition coefficient (Wildman–Crippen LogP) is 2.61. The van der Waals surface area contributed by atoms with Crippen molar-refractivity contribution in [1.82, 2.24) is 9.97 Å². The molecular formula is C13H22N4. The largest absolute Gasteiger partial charge is 0.373 e. The molecule has 0 bridgehead atoms. The van der Waals surface area contributed by atoms with Crippen molar-refractivity contribution in [1.29, 1.82) is 0 Å². The second-order valence-corrected chi connectivity index (χ2v) is 5.92. The van der Waals surface area contributed by atoms with Crippen LogP contribution in [-0.2, 0) is 0 Å². The highest BCUT2D eigenvalue weighted by atomic mass is 15.1. The molecule has 17 heavy (non-hydrogen) atoms. The molecule has 1 saturated carbocycles. The zero-order chi connectivity index (χ0) is 12.7. The summed E-state index contributed by atoms with van der Waals surface area (Å²) < 4.78 is 0. The van der Waals surface area contributed by atoms with Gasteiger partial charge in [0, 0.05) is 19.7 Å². The molecule has 0 amide bonds. The molecule has 4 heteroatoms. The van der Waals surface area contributed by atoms with Gasteiger partial charge in [0.2, 0.25) is 0 Å². The zero-order valence-electron chi connectivity index (χ0n) is 11.3. The lowest BCUT2D eigenvalue weighted by Crippen LogP contribution is -2.09. The maximum Gasteiger partial charge on any atom is 0.131 e. The van der Waals surface area contributed by atoms with E-state index in [0.29, 0.717) is 16.7 Å². The molecule has 1 aliphatic carbocycles. The highest BCUT2D eigenvalue weighted by Crippen LogP contribution is 2.68. The Balaban J connectivity index is 1.95. The lowest BCUT2D eigenvalue weighted by molar-refractivity contribution is 0.457. The second-order valence-electron chi connectivity index (χ2n) is 5.92. The third-order valence-corrected chi connectivity index (χ3v) is 4.73. The summed E-state index contributed by atoms with van der Waals surface area (Å²) in [6.07, 6.45) is 1.58. The van der Waals surface area contributed by atoms with Gasteiger partial charge in [-0.3, -0.25) is 0 Å². The lowest BCUT2D eigenvalue weighted by Gasteiger charge is -2.07. The summed E-state index contributed by atoms with van der Waals surface area (Å²) in [5, 5.41) is 6.41. The molecule has 94 valence electrons. The Morgan fingerprint density at radius 1 is 1.12 bits per heavy atom. The van der Waals surface area contributed by atoms with E-state index in [0.717, 1.165) is 18.2 Å². The summed E-state index contributed by atoms with van der Waals surface area (Å²) in [4.78, 5) is 8.32. The molecule has 1 heterocycles. The first-order valence-corrected chi connectivity index (χ1v) is 6.13. The molecule has 2 N–H and O–H groups in total. The normalized spacial score (nSPS) is 21.0. The number of hydrogen-bond acceptors (Lipinski definition) is 4. The van der Waals surface area contributed by atoms with Crippen LogP contribution in [0.2, 0.25) is 0 Å². The average Bonchev–Trinajstić information content (AvgIpc) is 2.67. The smallest absolute Gasteiger partial charge is 0.131 e. The van der Waals surface area contributed by atoms with Crippen molar-refractivity contribution in [3.05, 3.63) is 12.4 Å². The van der Waals surface area contributed by atoms with E-state index in [-0.39, 0.29) is 0 Å². The van der Waals surface area contributed by atoms with Gasteiger partial charge in [-0.25, -0.2) is 9.97 Å². The molecule has 4 nitrogen and oxygen atoms in total. The van der Waals surface area contributed by atoms with Crippen LogP contribution in [-0.4, -0.2) is 23.6 Å². The van der Waals surface area contributed by atoms with Gasteiger partial charge in [-0.1, -0.05) is 27.7 Å². The Labute approximate surface area is 103 Å². The number of nitrogens with zero attached hydrogens (tertiary/aromatic N) is 2. The first-order valence-electron chi connectivity index (χ1n) is 6.13. The number of aromatic nitrogens is 2. The van der Waals surface area contributed by atoms with Crippen molar-refractivity contribution in [2.45, 2.75) is 27.7 Å². The van der Waals surface area contributed by atoms with Crippen LogP contribution in [0.5, 0.6) is 0 Å². The fourth-order valence-corrected chi connectivity index (χ4v) is 2.64. The molecular weight excluding hydrogens is 212 g/mol. The van der Waals surface area contributed by atoms with Crippen LogP contribution >= 0.6 is 0 Å². The monoisotopic (exact) mass is 234 g/mol. The molecule has 0 saturated heterocycles. The summed E-state index contributed by atoms with van der Waals surface area (Å²) in [6.45, 7) is 10.3. The van der Waals surface area contributed by atoms with Crippen LogP contribution in [0, 0.1) is 16.7 Å². The first-order chi connectivity index (χ1) is 7.89. The van der Waals surface area contributed by atoms with E-state index in [4.69, 9.17) is 0 Å². The van der Waals surface area contributed by atoms with E-state index in [9.17, 15) is 0 Å². The number of rotatable bonds is 4. The topological polar surface area (TPSA) is 49.8 Å². The third kappa shape index (κ3) is 1.96. The van der Waals surface area contributed by atoms with Crippen molar-refractivity contribution in [3.8, 4) is 0 Å². The summed E-state index contributed by atoms with van der Waals surface area (Å²) >= 11 is 0. The number of hydrogen-bond donors (Lipinski definition) is 2. The van der Waals surface area contributed by atoms with E-state index in [1.54, 1.807) is 6.33 Å². The zero-order valence-corrected chi connectivity index (χ0v) is 11.3. The van der Waals surface area contributed by atoms with Gasteiger partial charge in [-0.15, -0.1) is 0 Å². The Bertz CT molecular complexity index is 398. The van der Waals surface area contributed by atoms with Crippen LogP contribution in [0.1, 0.15) is 27.7 Å². The molecule has 0 unspecified atom stereocenters. The quantitative estimate of drug-likeness (QED) is 0.841. The van der Waals surface area contributed by atoms with Crippen molar-refractivity contribution in [2.24, 2.45) is 16.7 Å². The number of anilines is 2. The Hall–Kier alpha value is -1.32. The molecule has 0 atom stereocenters. The Kier molecular flexibility index (Phi) is 2.76. The second kappa shape index (κ2) is 3.86. The SMILES string of the molecule is CNc1cc(NCC2C(C)(C)C2(C)C)ncn1. The van der Waals surface area contributed by atoms with E-state index >= 15 is 0 Å². The van der Waals surface area contributed by atoms with Gasteiger partial charge in [0.05, 0.1) is 0 Å². The molecule has 1 aromatic rings. The maximum atomic E-state index is 4.22. The van der Waals surface area contributed by atoms with Gasteiger partial charge in [-0.05, 0) is 16.7 Å². The highest BCUT2D eigenvalue weighted by Gasteiger charge is 2.64. The van der Waals surface area contributed by atoms with Gasteiger partial charge in [0.25, 0.3) is 0 Å². The lowest BCUT2D eigenvalue weighted by atomic mass is 10.0. The molecule has 0 aliphatic heterocycles. The fourth-order valence-electron chi connectivity index (χ4n) is 2.64. The molecule has 0 aromatic carbocycles. The third-order valence-electron chi connectivity index (χ3n) is 4.73. The Morgan fingerprint density at radius 2 is 1.71 bits per heavy atom. The van der Waals surface area contributed by atoms with Crippen LogP contribution in [0.3, 0.4) is 0 Å². The minimum atomic E-state index is 0.416. The summed E-state index contributed by atoms with van der Waals surface area (Å²) in [5.74, 6) is 2.43. The van der Waals surface area contributed by atoms with Crippen molar-refractivity contribution >= 4 is 11.6 Å². The maximum absolute atomic E-state index is 4.22. The fraction of sp³-hybridized carbons (Fsp3) is 0.692. The molecule has 0 radical (unpaired) electrons. The van der Waals surface area contributed by atoms with E-state index in [1.807, 2.05) is 13.1 Å². The van der Waals surface area contributed by atoms with E-state index in [1.165, 1.54) is 0 Å². The first kappa shape index (κ1) is 12.1. The predicted molar refractivity (Wildman–Crippen MR) is 71.1 cm³/mol. The standard InChI is InChI=1S/C13H22N4/c1-12(2)9(13(12,3)4)7-15-11-6-10(14-5)16-8-17-11/h6,8-9H,7H2,1-5H3,(H2,14,15,16,17). The van der Waals surface area contributed by atoms with Crippen LogP contribution in [0.15, 0.2) is 12.4 Å². The van der Waals surface area contributed by atoms with Gasteiger partial charge in [0.15, 0.2) is 0 Å². The van der Waals surface area contributed by atoms with Crippen molar-refractivity contribution < 1.29 is 0 Å². The molecule has 1 aromatic heterocycles. The minimum absolute atomic E-state index is 0.416. The summed E-state index contributed by atoms with van der Waals surface area (Å²) in [6, 6.07) is 1.93. The summed E-state index contributed by atoms with van der Waals surface area (Å²) in [7, 11) is 1.86. The number of nitrogens with one attached hydrogen (secondary N) is 2. The van der Waals surface area contributed by atoms with Crippen molar-refractivity contribution in [3.63, 3.8) is 0 Å². The van der Waals surface area contributed by atoms with Gasteiger partial charge < -0.3 is 10.6 Å². The van der Waals surface area contributed by atoms with Crippen LogP contribution in [0.4, 0.5) is 11.6 Å². The van der Waals surface area contributed by atoms with E-state index < -0.39 is 0 Å². The minimum Gasteiger partial charge on any atom is -0.373 e. The molecule has 0 spiro atoms. The van der Waals surface area contributed by atoms with E-state index in [2.05, 4.69) is 48.3 Å². The molecule has 2 rings (SSSR count). The Morgan fingerprint density at radius 3 is 2.24 bits per heavy atom. The van der Waals surface area contributed by atoms with Crippen LogP contribution in [0.25, 0.3) is 0 Å². The molecule has 1 aliphatic rings. The van der Waals surface area contributed by atoms with Crippen LogP contribution < -0.4 is 10.6 Å². The summed E-state index contributed by atoms with van der Waals surface area (Å²) in [5.41, 5.74) is 0.831. The molecule has 1 fully saturated rings. The van der Waals surface area contributed by atoms with Crippen molar-refractivity contribution in [2.75, 3.05) is 24.2 Å². The average molecular weight is 234 g/mol.